The smallest absolute Gasteiger partial charge is 1.00 e. The van der Waals surface area contributed by atoms with E-state index >= 15 is 0 Å². The molecule has 1 unspecified atom stereocenters. The summed E-state index contributed by atoms with van der Waals surface area (Å²) in [7, 11) is 0. The molecule has 2 aliphatic rings. The van der Waals surface area contributed by atoms with Crippen LogP contribution in [0.3, 0.4) is 0 Å². The number of thiophene rings is 1. The Morgan fingerprint density at radius 3 is 2.16 bits per heavy atom. The van der Waals surface area contributed by atoms with Crippen LogP contribution in [0.1, 0.15) is 90.1 Å². The van der Waals surface area contributed by atoms with Gasteiger partial charge in [0.05, 0.1) is 0 Å². The summed E-state index contributed by atoms with van der Waals surface area (Å²) in [5.74, 6) is 0.518. The molecule has 0 spiro atoms. The maximum Gasteiger partial charge on any atom is -1.00 e. The largest absolute Gasteiger partial charge is 1.00 e. The van der Waals surface area contributed by atoms with Gasteiger partial charge in [0.15, 0.2) is 0 Å². The van der Waals surface area contributed by atoms with Crippen LogP contribution in [-0.2, 0) is 38.5 Å². The molecule has 0 amide bonds. The summed E-state index contributed by atoms with van der Waals surface area (Å²) in [5.41, 5.74) is 12.3. The second-order valence-corrected chi connectivity index (χ2v) is 20.6. The van der Waals surface area contributed by atoms with Crippen molar-refractivity contribution in [2.24, 2.45) is 5.92 Å². The fourth-order valence-corrected chi connectivity index (χ4v) is 15.5. The first-order valence-electron chi connectivity index (χ1n) is 13.3. The van der Waals surface area contributed by atoms with Crippen molar-refractivity contribution < 1.29 is 46.1 Å². The van der Waals surface area contributed by atoms with Crippen LogP contribution in [0, 0.1) is 5.92 Å². The fourth-order valence-electron chi connectivity index (χ4n) is 6.01. The molecule has 4 heteroatoms. The zero-order chi connectivity index (χ0) is 26.0. The van der Waals surface area contributed by atoms with E-state index in [0.717, 1.165) is 6.42 Å². The van der Waals surface area contributed by atoms with E-state index in [-0.39, 0.29) is 35.6 Å². The molecule has 0 nitrogen and oxygen atoms in total. The van der Waals surface area contributed by atoms with Gasteiger partial charge in [0.25, 0.3) is 0 Å². The van der Waals surface area contributed by atoms with Crippen LogP contribution < -0.4 is 28.1 Å². The topological polar surface area (TPSA) is 0 Å². The van der Waals surface area contributed by atoms with E-state index in [0.29, 0.717) is 5.92 Å². The van der Waals surface area contributed by atoms with E-state index in [1.165, 1.54) is 33.4 Å². The van der Waals surface area contributed by atoms with Crippen molar-refractivity contribution in [1.82, 2.24) is 0 Å². The summed E-state index contributed by atoms with van der Waals surface area (Å²) in [5, 5.41) is 4.57. The number of hydrogen-bond acceptors (Lipinski definition) is 1. The molecule has 200 valence electrons. The average molecular weight is 643 g/mol. The van der Waals surface area contributed by atoms with Crippen molar-refractivity contribution in [3.63, 3.8) is 0 Å². The Kier molecular flexibility index (Phi) is 9.48. The Morgan fingerprint density at radius 2 is 1.58 bits per heavy atom. The molecule has 0 saturated heterocycles. The molecule has 0 fully saturated rings. The SMILES string of the molecule is C[C](C)=[Zr+2]([C]1=C(c2ccsc2)C=CC1C)[c]1c(C(C)(C)C)ccc2c1Cc1cc(C(C)(C)C)ccc1-2.[Cl-].[Cl-]. The number of rotatable bonds is 3. The second kappa shape index (κ2) is 11.4. The van der Waals surface area contributed by atoms with Crippen molar-refractivity contribution >= 4 is 23.4 Å². The molecule has 1 atom stereocenters. The molecule has 1 aromatic heterocycles. The maximum absolute atomic E-state index is 2.50. The molecule has 5 rings (SSSR count). The van der Waals surface area contributed by atoms with Crippen molar-refractivity contribution in [2.75, 3.05) is 0 Å². The van der Waals surface area contributed by atoms with Gasteiger partial charge in [0, 0.05) is 0 Å². The Labute approximate surface area is 254 Å². The van der Waals surface area contributed by atoms with Gasteiger partial charge in [-0.3, -0.25) is 0 Å². The second-order valence-electron chi connectivity index (χ2n) is 12.9. The van der Waals surface area contributed by atoms with E-state index in [4.69, 9.17) is 0 Å². The van der Waals surface area contributed by atoms with Crippen LogP contribution in [0.4, 0.5) is 0 Å². The quantitative estimate of drug-likeness (QED) is 0.323. The van der Waals surface area contributed by atoms with Crippen molar-refractivity contribution in [3.8, 4) is 11.1 Å². The molecule has 0 radical (unpaired) electrons. The first-order chi connectivity index (χ1) is 16.9. The number of halogens is 2. The minimum absolute atomic E-state index is 0. The van der Waals surface area contributed by atoms with E-state index in [2.05, 4.69) is 122 Å². The van der Waals surface area contributed by atoms with Gasteiger partial charge in [-0.2, -0.15) is 0 Å². The van der Waals surface area contributed by atoms with Crippen LogP contribution in [0.15, 0.2) is 62.6 Å². The number of allylic oxidation sites excluding steroid dienone is 4. The third-order valence-electron chi connectivity index (χ3n) is 7.90. The average Bonchev–Trinajstić information content (AvgIpc) is 3.51. The minimum Gasteiger partial charge on any atom is -1.00 e. The Morgan fingerprint density at radius 1 is 0.895 bits per heavy atom. The number of benzene rings is 2. The molecule has 0 N–H and O–H groups in total. The minimum atomic E-state index is -2.40. The van der Waals surface area contributed by atoms with Gasteiger partial charge in [-0.25, -0.2) is 0 Å². The molecule has 0 saturated carbocycles. The summed E-state index contributed by atoms with van der Waals surface area (Å²) >= 11 is -0.582. The third-order valence-corrected chi connectivity index (χ3v) is 16.8. The van der Waals surface area contributed by atoms with Gasteiger partial charge in [-0.05, 0) is 0 Å². The normalized spacial score (nSPS) is 15.8. The third kappa shape index (κ3) is 5.58. The van der Waals surface area contributed by atoms with Crippen LogP contribution in [0.25, 0.3) is 16.7 Å². The molecular weight excluding hydrogens is 603 g/mol. The summed E-state index contributed by atoms with van der Waals surface area (Å²) < 4.78 is 5.20. The molecule has 38 heavy (non-hydrogen) atoms. The van der Waals surface area contributed by atoms with Crippen molar-refractivity contribution in [1.29, 1.82) is 0 Å². The first kappa shape index (κ1) is 31.5. The van der Waals surface area contributed by atoms with Gasteiger partial charge in [0.2, 0.25) is 0 Å². The van der Waals surface area contributed by atoms with Gasteiger partial charge in [0.1, 0.15) is 0 Å². The molecule has 2 aromatic carbocycles. The molecular formula is C34H40Cl2SZr. The summed E-state index contributed by atoms with van der Waals surface area (Å²) in [4.78, 5) is 0. The van der Waals surface area contributed by atoms with E-state index < -0.39 is 21.3 Å². The summed E-state index contributed by atoms with van der Waals surface area (Å²) in [6, 6.07) is 14.5. The summed E-state index contributed by atoms with van der Waals surface area (Å²) in [6.07, 6.45) is 5.96. The van der Waals surface area contributed by atoms with Gasteiger partial charge < -0.3 is 24.8 Å². The van der Waals surface area contributed by atoms with Crippen molar-refractivity contribution in [3.05, 3.63) is 90.4 Å². The molecule has 1 heterocycles. The van der Waals surface area contributed by atoms with Gasteiger partial charge in [-0.15, -0.1) is 0 Å². The zero-order valence-electron chi connectivity index (χ0n) is 24.2. The van der Waals surface area contributed by atoms with Crippen LogP contribution in [0.2, 0.25) is 0 Å². The number of fused-ring (bicyclic) bond motifs is 3. The predicted molar refractivity (Wildman–Crippen MR) is 158 cm³/mol. The maximum atomic E-state index is 2.50. The van der Waals surface area contributed by atoms with E-state index in [9.17, 15) is 0 Å². The number of hydrogen-bond donors (Lipinski definition) is 0. The van der Waals surface area contributed by atoms with Gasteiger partial charge >= 0.3 is 232 Å². The van der Waals surface area contributed by atoms with E-state index in [1.807, 2.05) is 11.3 Å². The van der Waals surface area contributed by atoms with Crippen molar-refractivity contribution in [2.45, 2.75) is 79.6 Å². The molecule has 0 aliphatic heterocycles. The zero-order valence-corrected chi connectivity index (χ0v) is 29.0. The van der Waals surface area contributed by atoms with Crippen LogP contribution >= 0.6 is 11.3 Å². The predicted octanol–water partition coefficient (Wildman–Crippen LogP) is 3.00. The summed E-state index contributed by atoms with van der Waals surface area (Å²) in [6.45, 7) is 21.5. The van der Waals surface area contributed by atoms with Gasteiger partial charge in [-0.1, -0.05) is 0 Å². The van der Waals surface area contributed by atoms with Crippen LogP contribution in [0.5, 0.6) is 0 Å². The molecule has 3 aromatic rings. The monoisotopic (exact) mass is 640 g/mol. The Bertz CT molecular complexity index is 1440. The Balaban J connectivity index is 0.00000200. The van der Waals surface area contributed by atoms with E-state index in [1.54, 1.807) is 20.9 Å². The Hall–Kier alpha value is -1.05. The molecule has 2 aliphatic carbocycles. The van der Waals surface area contributed by atoms with Crippen LogP contribution in [-0.4, -0.2) is 3.21 Å². The first-order valence-corrected chi connectivity index (χ1v) is 17.9. The molecule has 0 bridgehead atoms. The standard InChI is InChI=1S/C21H25.C10H9S.C3H6.2ClH.Zr/c1-20(2,3)16-7-9-18-14(12-16)11-15-13-17(21(4,5)6)8-10-19(15)18;1-8-2-3-9(6-8)10-4-5-11-7-10;1-3-2;;;/h7-10,12H,11H2,1-6H3;2-5,7-8H,1H3;1-2H3;2*1H;/q;;;;;+2/p-2. The fraction of sp³-hybridized carbons (Fsp3) is 0.382.